The number of halogens is 1. The Morgan fingerprint density at radius 1 is 1.35 bits per heavy atom. The van der Waals surface area contributed by atoms with Gasteiger partial charge in [0.1, 0.15) is 11.4 Å². The first-order valence-corrected chi connectivity index (χ1v) is 6.26. The first kappa shape index (κ1) is 15.9. The van der Waals surface area contributed by atoms with Gasteiger partial charge in [0.05, 0.1) is 0 Å². The minimum Gasteiger partial charge on any atom is -0.480 e. The number of rotatable bonds is 4. The molecule has 0 aromatic heterocycles. The van der Waals surface area contributed by atoms with Gasteiger partial charge < -0.3 is 10.0 Å². The molecule has 0 bridgehead atoms. The van der Waals surface area contributed by atoms with Crippen LogP contribution in [-0.2, 0) is 4.79 Å². The standard InChI is InChI=1S/C14H19FN2O3/c1-5-17(11-8-6-7-10(15)9-11)13(20)16(4)14(2,3)12(18)19/h6-9H,5H2,1-4H3,(H,18,19). The zero-order valence-corrected chi connectivity index (χ0v) is 12.1. The molecule has 1 aromatic rings. The van der Waals surface area contributed by atoms with Gasteiger partial charge in [0, 0.05) is 19.3 Å². The van der Waals surface area contributed by atoms with E-state index in [9.17, 15) is 14.0 Å². The molecule has 0 saturated heterocycles. The molecular formula is C14H19FN2O3. The number of carboxylic acid groups (broad SMARTS) is 1. The first-order chi connectivity index (χ1) is 9.21. The van der Waals surface area contributed by atoms with E-state index < -0.39 is 23.4 Å². The maximum atomic E-state index is 13.2. The summed E-state index contributed by atoms with van der Waals surface area (Å²) in [7, 11) is 1.42. The lowest BCUT2D eigenvalue weighted by Gasteiger charge is -2.35. The predicted octanol–water partition coefficient (Wildman–Crippen LogP) is 2.57. The molecule has 1 rings (SSSR count). The second kappa shape index (κ2) is 5.90. The van der Waals surface area contributed by atoms with Crippen molar-refractivity contribution in [1.82, 2.24) is 4.90 Å². The van der Waals surface area contributed by atoms with Gasteiger partial charge in [-0.05, 0) is 39.0 Å². The van der Waals surface area contributed by atoms with Gasteiger partial charge in [-0.3, -0.25) is 4.90 Å². The number of carbonyl (C=O) groups excluding carboxylic acids is 1. The fourth-order valence-corrected chi connectivity index (χ4v) is 1.64. The molecule has 0 aliphatic carbocycles. The van der Waals surface area contributed by atoms with Crippen molar-refractivity contribution in [3.63, 3.8) is 0 Å². The minimum atomic E-state index is -1.35. The summed E-state index contributed by atoms with van der Waals surface area (Å²) in [6, 6.07) is 5.13. The van der Waals surface area contributed by atoms with E-state index in [1.54, 1.807) is 13.0 Å². The first-order valence-electron chi connectivity index (χ1n) is 6.26. The van der Waals surface area contributed by atoms with Crippen molar-refractivity contribution in [3.05, 3.63) is 30.1 Å². The van der Waals surface area contributed by atoms with E-state index in [4.69, 9.17) is 5.11 Å². The van der Waals surface area contributed by atoms with E-state index in [-0.39, 0.29) is 0 Å². The molecule has 0 aliphatic rings. The third kappa shape index (κ3) is 3.07. The molecular weight excluding hydrogens is 263 g/mol. The van der Waals surface area contributed by atoms with E-state index in [1.807, 2.05) is 0 Å². The molecule has 0 unspecified atom stereocenters. The SMILES string of the molecule is CCN(C(=O)N(C)C(C)(C)C(=O)O)c1cccc(F)c1. The van der Waals surface area contributed by atoms with Gasteiger partial charge in [0.2, 0.25) is 0 Å². The van der Waals surface area contributed by atoms with Crippen LogP contribution in [0.1, 0.15) is 20.8 Å². The molecule has 6 heteroatoms. The van der Waals surface area contributed by atoms with Crippen LogP contribution in [0.15, 0.2) is 24.3 Å². The van der Waals surface area contributed by atoms with Crippen LogP contribution in [0.5, 0.6) is 0 Å². The number of aliphatic carboxylic acids is 1. The molecule has 20 heavy (non-hydrogen) atoms. The third-order valence-corrected chi connectivity index (χ3v) is 3.32. The lowest BCUT2D eigenvalue weighted by molar-refractivity contribution is -0.146. The largest absolute Gasteiger partial charge is 0.480 e. The molecule has 0 aliphatic heterocycles. The smallest absolute Gasteiger partial charge is 0.329 e. The Balaban J connectivity index is 3.07. The summed E-state index contributed by atoms with van der Waals surface area (Å²) in [4.78, 5) is 26.1. The number of benzene rings is 1. The molecule has 5 nitrogen and oxygen atoms in total. The number of hydrogen-bond acceptors (Lipinski definition) is 2. The number of nitrogens with zero attached hydrogens (tertiary/aromatic N) is 2. The highest BCUT2D eigenvalue weighted by Gasteiger charge is 2.37. The summed E-state index contributed by atoms with van der Waals surface area (Å²) in [5, 5.41) is 9.16. The van der Waals surface area contributed by atoms with Gasteiger partial charge in [0.15, 0.2) is 0 Å². The summed E-state index contributed by atoms with van der Waals surface area (Å²) in [5.74, 6) is -1.56. The Morgan fingerprint density at radius 3 is 2.40 bits per heavy atom. The number of likely N-dealkylation sites (N-methyl/N-ethyl adjacent to an activating group) is 1. The van der Waals surface area contributed by atoms with Crippen LogP contribution < -0.4 is 4.90 Å². The van der Waals surface area contributed by atoms with E-state index in [2.05, 4.69) is 0 Å². The minimum absolute atomic E-state index is 0.308. The van der Waals surface area contributed by atoms with Gasteiger partial charge in [-0.15, -0.1) is 0 Å². The second-order valence-electron chi connectivity index (χ2n) is 4.93. The van der Waals surface area contributed by atoms with E-state index >= 15 is 0 Å². The molecule has 0 radical (unpaired) electrons. The highest BCUT2D eigenvalue weighted by molar-refractivity contribution is 5.95. The summed E-state index contributed by atoms with van der Waals surface area (Å²) in [6.07, 6.45) is 0. The van der Waals surface area contributed by atoms with E-state index in [0.29, 0.717) is 12.2 Å². The van der Waals surface area contributed by atoms with Crippen LogP contribution in [0, 0.1) is 5.82 Å². The summed E-state index contributed by atoms with van der Waals surface area (Å²) >= 11 is 0. The Morgan fingerprint density at radius 2 is 1.95 bits per heavy atom. The van der Waals surface area contributed by atoms with E-state index in [0.717, 1.165) is 4.90 Å². The Kier molecular flexibility index (Phi) is 4.70. The number of hydrogen-bond donors (Lipinski definition) is 1. The number of anilines is 1. The second-order valence-corrected chi connectivity index (χ2v) is 4.93. The quantitative estimate of drug-likeness (QED) is 0.923. The molecule has 0 saturated carbocycles. The molecule has 1 N–H and O–H groups in total. The van der Waals surface area contributed by atoms with Crippen LogP contribution in [-0.4, -0.2) is 41.1 Å². The summed E-state index contributed by atoms with van der Waals surface area (Å²) in [5.41, 5.74) is -0.955. The van der Waals surface area contributed by atoms with Crippen molar-refractivity contribution in [2.45, 2.75) is 26.3 Å². The zero-order chi connectivity index (χ0) is 15.5. The lowest BCUT2D eigenvalue weighted by atomic mass is 10.0. The molecule has 1 aromatic carbocycles. The van der Waals surface area contributed by atoms with Crippen LogP contribution in [0.3, 0.4) is 0 Å². The van der Waals surface area contributed by atoms with Crippen molar-refractivity contribution in [2.75, 3.05) is 18.5 Å². The zero-order valence-electron chi connectivity index (χ0n) is 12.1. The molecule has 2 amide bonds. The molecule has 0 fully saturated rings. The summed E-state index contributed by atoms with van der Waals surface area (Å²) in [6.45, 7) is 4.92. The predicted molar refractivity (Wildman–Crippen MR) is 74.3 cm³/mol. The maximum absolute atomic E-state index is 13.2. The van der Waals surface area contributed by atoms with Crippen molar-refractivity contribution < 1.29 is 19.1 Å². The number of amides is 2. The molecule has 0 atom stereocenters. The van der Waals surface area contributed by atoms with Crippen LogP contribution in [0.25, 0.3) is 0 Å². The summed E-state index contributed by atoms with van der Waals surface area (Å²) < 4.78 is 13.2. The van der Waals surface area contributed by atoms with Gasteiger partial charge in [-0.25, -0.2) is 14.0 Å². The fourth-order valence-electron chi connectivity index (χ4n) is 1.64. The van der Waals surface area contributed by atoms with Crippen LogP contribution in [0.4, 0.5) is 14.9 Å². The van der Waals surface area contributed by atoms with Crippen molar-refractivity contribution in [3.8, 4) is 0 Å². The van der Waals surface area contributed by atoms with Gasteiger partial charge in [-0.1, -0.05) is 6.07 Å². The van der Waals surface area contributed by atoms with E-state index in [1.165, 1.54) is 44.0 Å². The van der Waals surface area contributed by atoms with Crippen LogP contribution >= 0.6 is 0 Å². The van der Waals surface area contributed by atoms with Crippen molar-refractivity contribution in [2.24, 2.45) is 0 Å². The highest BCUT2D eigenvalue weighted by Crippen LogP contribution is 2.20. The van der Waals surface area contributed by atoms with Gasteiger partial charge in [0.25, 0.3) is 0 Å². The lowest BCUT2D eigenvalue weighted by Crippen LogP contribution is -2.55. The monoisotopic (exact) mass is 282 g/mol. The maximum Gasteiger partial charge on any atom is 0.329 e. The molecule has 0 heterocycles. The Bertz CT molecular complexity index is 517. The van der Waals surface area contributed by atoms with Crippen molar-refractivity contribution in [1.29, 1.82) is 0 Å². The number of urea groups is 1. The number of carbonyl (C=O) groups is 2. The third-order valence-electron chi connectivity index (χ3n) is 3.32. The fraction of sp³-hybridized carbons (Fsp3) is 0.429. The number of carboxylic acids is 1. The average Bonchev–Trinajstić information content (AvgIpc) is 2.38. The highest BCUT2D eigenvalue weighted by atomic mass is 19.1. The Hall–Kier alpha value is -2.11. The molecule has 110 valence electrons. The Labute approximate surface area is 117 Å². The average molecular weight is 282 g/mol. The van der Waals surface area contributed by atoms with Gasteiger partial charge >= 0.3 is 12.0 Å². The van der Waals surface area contributed by atoms with Crippen LogP contribution in [0.2, 0.25) is 0 Å². The van der Waals surface area contributed by atoms with Crippen molar-refractivity contribution >= 4 is 17.7 Å². The topological polar surface area (TPSA) is 60.9 Å². The van der Waals surface area contributed by atoms with Gasteiger partial charge in [-0.2, -0.15) is 0 Å². The molecule has 0 spiro atoms. The normalized spacial score (nSPS) is 11.1.